The van der Waals surface area contributed by atoms with Gasteiger partial charge in [0.25, 0.3) is 5.91 Å². The van der Waals surface area contributed by atoms with Gasteiger partial charge in [0.1, 0.15) is 5.71 Å². The van der Waals surface area contributed by atoms with Gasteiger partial charge in [-0.1, -0.05) is 54.6 Å². The molecule has 1 aliphatic rings. The van der Waals surface area contributed by atoms with Crippen molar-refractivity contribution < 1.29 is 14.3 Å². The Bertz CT molecular complexity index is 1190. The van der Waals surface area contributed by atoms with Crippen molar-refractivity contribution in [1.82, 2.24) is 0 Å². The van der Waals surface area contributed by atoms with Crippen LogP contribution < -0.4 is 10.3 Å². The first-order valence-corrected chi connectivity index (χ1v) is 10.7. The van der Waals surface area contributed by atoms with E-state index < -0.39 is 17.4 Å². The molecule has 1 saturated heterocycles. The van der Waals surface area contributed by atoms with E-state index in [0.29, 0.717) is 17.1 Å². The van der Waals surface area contributed by atoms with Crippen LogP contribution in [0.5, 0.6) is 0 Å². The SMILES string of the molecule is CCOC(=O)[C@]1(C)/C(=N/Nc2ccccc2)C(=Nc2ccccc2)C(=O)N1c1ccccc1. The third-order valence-corrected chi connectivity index (χ3v) is 5.29. The van der Waals surface area contributed by atoms with E-state index in [1.807, 2.05) is 54.6 Å². The Morgan fingerprint density at radius 2 is 1.52 bits per heavy atom. The summed E-state index contributed by atoms with van der Waals surface area (Å²) in [5, 5.41) is 4.53. The first-order chi connectivity index (χ1) is 16.1. The fourth-order valence-corrected chi connectivity index (χ4v) is 3.69. The molecule has 4 rings (SSSR count). The molecule has 3 aromatic carbocycles. The maximum atomic E-state index is 13.7. The lowest BCUT2D eigenvalue weighted by atomic mass is 9.95. The minimum Gasteiger partial charge on any atom is -0.464 e. The number of hydrogen-bond acceptors (Lipinski definition) is 6. The summed E-state index contributed by atoms with van der Waals surface area (Å²) in [7, 11) is 0. The molecule has 33 heavy (non-hydrogen) atoms. The third kappa shape index (κ3) is 4.25. The Morgan fingerprint density at radius 3 is 2.12 bits per heavy atom. The van der Waals surface area contributed by atoms with Crippen LogP contribution in [0.4, 0.5) is 17.1 Å². The Morgan fingerprint density at radius 1 is 0.939 bits per heavy atom. The molecule has 0 saturated carbocycles. The Hall–Kier alpha value is -4.26. The molecule has 1 fully saturated rings. The van der Waals surface area contributed by atoms with Crippen LogP contribution in [-0.4, -0.2) is 35.4 Å². The molecule has 166 valence electrons. The number of carbonyl (C=O) groups excluding carboxylic acids is 2. The molecule has 0 bridgehead atoms. The number of amides is 1. The van der Waals surface area contributed by atoms with Crippen molar-refractivity contribution in [3.05, 3.63) is 91.0 Å². The summed E-state index contributed by atoms with van der Waals surface area (Å²) in [4.78, 5) is 33.1. The number of esters is 1. The number of benzene rings is 3. The molecule has 0 spiro atoms. The van der Waals surface area contributed by atoms with E-state index in [1.54, 1.807) is 50.2 Å². The fourth-order valence-electron chi connectivity index (χ4n) is 3.69. The minimum absolute atomic E-state index is 0.0732. The monoisotopic (exact) mass is 440 g/mol. The summed E-state index contributed by atoms with van der Waals surface area (Å²) < 4.78 is 5.41. The number of carbonyl (C=O) groups is 2. The Balaban J connectivity index is 1.91. The standard InChI is InChI=1S/C26H24N4O3/c1-3-33-25(32)26(2)23(29-28-20-15-9-5-10-16-20)22(27-19-13-7-4-8-14-19)24(31)30(26)21-17-11-6-12-18-21/h4-18,28H,3H2,1-2H3/b27-22?,29-23+/t26-/m0/s1. The average molecular weight is 441 g/mol. The summed E-state index contributed by atoms with van der Waals surface area (Å²) in [5.74, 6) is -1.02. The predicted octanol–water partition coefficient (Wildman–Crippen LogP) is 4.60. The number of hydrazone groups is 1. The summed E-state index contributed by atoms with van der Waals surface area (Å²) in [6.07, 6.45) is 0. The lowest BCUT2D eigenvalue weighted by molar-refractivity contribution is -0.146. The highest BCUT2D eigenvalue weighted by molar-refractivity contribution is 6.77. The normalized spacial score (nSPS) is 20.3. The Kier molecular flexibility index (Phi) is 6.31. The van der Waals surface area contributed by atoms with E-state index in [4.69, 9.17) is 4.74 Å². The lowest BCUT2D eigenvalue weighted by Gasteiger charge is -2.32. The number of rotatable bonds is 6. The number of hydrogen-bond donors (Lipinski definition) is 1. The second-order valence-corrected chi connectivity index (χ2v) is 7.50. The predicted molar refractivity (Wildman–Crippen MR) is 130 cm³/mol. The van der Waals surface area contributed by atoms with Crippen LogP contribution in [0.3, 0.4) is 0 Å². The maximum absolute atomic E-state index is 13.7. The van der Waals surface area contributed by atoms with Gasteiger partial charge < -0.3 is 4.74 Å². The number of aliphatic imine (C=N–C) groups is 1. The van der Waals surface area contributed by atoms with Crippen LogP contribution in [0.2, 0.25) is 0 Å². The van der Waals surface area contributed by atoms with Crippen molar-refractivity contribution in [2.45, 2.75) is 19.4 Å². The Labute approximate surface area is 192 Å². The minimum atomic E-state index is -1.52. The van der Waals surface area contributed by atoms with Gasteiger partial charge in [0.05, 0.1) is 18.0 Å². The van der Waals surface area contributed by atoms with Gasteiger partial charge in [-0.25, -0.2) is 9.79 Å². The van der Waals surface area contributed by atoms with Crippen LogP contribution in [0.15, 0.2) is 101 Å². The molecular formula is C26H24N4O3. The van der Waals surface area contributed by atoms with E-state index in [9.17, 15) is 9.59 Å². The van der Waals surface area contributed by atoms with Gasteiger partial charge in [0.15, 0.2) is 11.3 Å². The highest BCUT2D eigenvalue weighted by atomic mass is 16.5. The number of para-hydroxylation sites is 3. The van der Waals surface area contributed by atoms with E-state index >= 15 is 0 Å². The molecule has 1 N–H and O–H groups in total. The summed E-state index contributed by atoms with van der Waals surface area (Å²) in [6, 6.07) is 27.4. The van der Waals surface area contributed by atoms with Crippen molar-refractivity contribution in [2.24, 2.45) is 10.1 Å². The van der Waals surface area contributed by atoms with Gasteiger partial charge in [-0.2, -0.15) is 5.10 Å². The second kappa shape index (κ2) is 9.48. The molecule has 3 aromatic rings. The van der Waals surface area contributed by atoms with Crippen molar-refractivity contribution >= 4 is 40.4 Å². The number of ether oxygens (including phenoxy) is 1. The maximum Gasteiger partial charge on any atom is 0.338 e. The van der Waals surface area contributed by atoms with Crippen molar-refractivity contribution in [3.63, 3.8) is 0 Å². The lowest BCUT2D eigenvalue weighted by Crippen LogP contribution is -2.55. The fraction of sp³-hybridized carbons (Fsp3) is 0.154. The van der Waals surface area contributed by atoms with Crippen LogP contribution >= 0.6 is 0 Å². The molecule has 7 heteroatoms. The van der Waals surface area contributed by atoms with Gasteiger partial charge in [-0.3, -0.25) is 15.1 Å². The van der Waals surface area contributed by atoms with Crippen LogP contribution in [0.1, 0.15) is 13.8 Å². The van der Waals surface area contributed by atoms with E-state index in [1.165, 1.54) is 4.90 Å². The topological polar surface area (TPSA) is 83.4 Å². The number of nitrogens with one attached hydrogen (secondary N) is 1. The molecular weight excluding hydrogens is 416 g/mol. The molecule has 0 unspecified atom stereocenters. The van der Waals surface area contributed by atoms with E-state index in [0.717, 1.165) is 0 Å². The zero-order valence-corrected chi connectivity index (χ0v) is 18.4. The van der Waals surface area contributed by atoms with E-state index in [2.05, 4.69) is 15.5 Å². The van der Waals surface area contributed by atoms with Crippen molar-refractivity contribution in [2.75, 3.05) is 16.9 Å². The van der Waals surface area contributed by atoms with Crippen molar-refractivity contribution in [3.8, 4) is 0 Å². The highest BCUT2D eigenvalue weighted by Gasteiger charge is 2.58. The zero-order chi connectivity index (χ0) is 23.3. The quantitative estimate of drug-likeness (QED) is 0.449. The van der Waals surface area contributed by atoms with Gasteiger partial charge in [-0.15, -0.1) is 0 Å². The van der Waals surface area contributed by atoms with Gasteiger partial charge in [-0.05, 0) is 50.2 Å². The largest absolute Gasteiger partial charge is 0.464 e. The van der Waals surface area contributed by atoms with Crippen LogP contribution in [-0.2, 0) is 14.3 Å². The average Bonchev–Trinajstić information content (AvgIpc) is 3.06. The summed E-state index contributed by atoms with van der Waals surface area (Å²) in [6.45, 7) is 3.52. The molecule has 0 radical (unpaired) electrons. The molecule has 1 heterocycles. The van der Waals surface area contributed by atoms with Gasteiger partial charge in [0.2, 0.25) is 0 Å². The zero-order valence-electron chi connectivity index (χ0n) is 18.4. The highest BCUT2D eigenvalue weighted by Crippen LogP contribution is 2.34. The summed E-state index contributed by atoms with van der Waals surface area (Å²) in [5.41, 5.74) is 3.53. The molecule has 1 amide bonds. The summed E-state index contributed by atoms with van der Waals surface area (Å²) >= 11 is 0. The van der Waals surface area contributed by atoms with Gasteiger partial charge >= 0.3 is 5.97 Å². The van der Waals surface area contributed by atoms with Crippen molar-refractivity contribution in [1.29, 1.82) is 0 Å². The number of anilines is 2. The second-order valence-electron chi connectivity index (χ2n) is 7.50. The molecule has 1 atom stereocenters. The molecule has 7 nitrogen and oxygen atoms in total. The van der Waals surface area contributed by atoms with Crippen LogP contribution in [0.25, 0.3) is 0 Å². The number of nitrogens with zero attached hydrogens (tertiary/aromatic N) is 3. The van der Waals surface area contributed by atoms with Gasteiger partial charge in [0, 0.05) is 5.69 Å². The first kappa shape index (κ1) is 22.0. The smallest absolute Gasteiger partial charge is 0.338 e. The first-order valence-electron chi connectivity index (χ1n) is 10.7. The molecule has 0 aromatic heterocycles. The van der Waals surface area contributed by atoms with Crippen LogP contribution in [0, 0.1) is 0 Å². The third-order valence-electron chi connectivity index (χ3n) is 5.29. The molecule has 0 aliphatic carbocycles. The van der Waals surface area contributed by atoms with E-state index in [-0.39, 0.29) is 18.0 Å². The molecule has 1 aliphatic heterocycles.